The zero-order chi connectivity index (χ0) is 29.8. The molecular formula is C37H48Cl4FeP2Pd+2. The SMILES string of the molecule is ClCCl.[CH3-].[CH3-].[Cl][Pd][Cl].[Fe+2].c1ccc([PH+](c2ccccc2)C2CCCC2)cc1.c1ccc([PH+](c2ccccc2)C2CCCC2)cc1. The molecule has 8 heteroatoms. The molecule has 45 heavy (non-hydrogen) atoms. The van der Waals surface area contributed by atoms with Gasteiger partial charge in [-0.05, 0) is 99.9 Å². The number of alkyl halides is 2. The molecule has 0 heterocycles. The first kappa shape index (κ1) is 45.1. The molecule has 4 aromatic carbocycles. The Bertz CT molecular complexity index is 1020. The van der Waals surface area contributed by atoms with E-state index >= 15 is 0 Å². The van der Waals surface area contributed by atoms with Gasteiger partial charge in [0.1, 0.15) is 0 Å². The van der Waals surface area contributed by atoms with E-state index in [9.17, 15) is 0 Å². The predicted molar refractivity (Wildman–Crippen MR) is 207 cm³/mol. The summed E-state index contributed by atoms with van der Waals surface area (Å²) in [5.74, 6) is 0. The Morgan fingerprint density at radius 1 is 0.467 bits per heavy atom. The van der Waals surface area contributed by atoms with Crippen molar-refractivity contribution in [2.75, 3.05) is 5.34 Å². The van der Waals surface area contributed by atoms with Gasteiger partial charge in [0.2, 0.25) is 0 Å². The number of hydrogen-bond donors (Lipinski definition) is 0. The van der Waals surface area contributed by atoms with Crippen LogP contribution in [0.5, 0.6) is 0 Å². The molecule has 0 spiro atoms. The molecule has 0 N–H and O–H groups in total. The molecule has 0 nitrogen and oxygen atoms in total. The number of rotatable bonds is 6. The molecule has 2 aliphatic carbocycles. The van der Waals surface area contributed by atoms with E-state index < -0.39 is 15.8 Å². The third-order valence-corrected chi connectivity index (χ3v) is 14.5. The fourth-order valence-electron chi connectivity index (χ4n) is 6.18. The summed E-state index contributed by atoms with van der Waals surface area (Å²) < 4.78 is 0. The van der Waals surface area contributed by atoms with Crippen molar-refractivity contribution in [2.24, 2.45) is 0 Å². The maximum Gasteiger partial charge on any atom is 2.00 e. The summed E-state index contributed by atoms with van der Waals surface area (Å²) >= 11 is 9.42. The second-order valence-electron chi connectivity index (χ2n) is 10.4. The van der Waals surface area contributed by atoms with Crippen molar-refractivity contribution in [3.05, 3.63) is 136 Å². The normalized spacial score (nSPS) is 13.9. The van der Waals surface area contributed by atoms with Gasteiger partial charge in [-0.3, -0.25) is 0 Å². The van der Waals surface area contributed by atoms with E-state index in [2.05, 4.69) is 121 Å². The maximum absolute atomic E-state index is 4.81. The Labute approximate surface area is 313 Å². The van der Waals surface area contributed by atoms with E-state index in [1.165, 1.54) is 51.4 Å². The summed E-state index contributed by atoms with van der Waals surface area (Å²) in [5.41, 5.74) is 1.86. The molecule has 0 unspecified atom stereocenters. The Kier molecular flexibility index (Phi) is 28.0. The standard InChI is InChI=1S/2C17H19P.CH2Cl2.2CH3.2ClH.Fe.Pd/c2*1-3-9-15(10-4-1)18(17-13-7-8-14-17)16-11-5-2-6-12-16;2-1-3;;;;;;/h2*1-6,9-12,17H,7-8,13-14H2;1H2;2*1H3;2*1H;;/q;;;2*-1;;;2*+2. The van der Waals surface area contributed by atoms with E-state index in [-0.39, 0.29) is 53.2 Å². The average Bonchev–Trinajstić information content (AvgIpc) is 3.77. The average molecular weight is 859 g/mol. The van der Waals surface area contributed by atoms with Crippen molar-refractivity contribution in [3.8, 4) is 0 Å². The van der Waals surface area contributed by atoms with Gasteiger partial charge in [0.15, 0.2) is 0 Å². The van der Waals surface area contributed by atoms with Crippen LogP contribution in [0.3, 0.4) is 0 Å². The van der Waals surface area contributed by atoms with Crippen molar-refractivity contribution in [1.29, 1.82) is 0 Å². The summed E-state index contributed by atoms with van der Waals surface area (Å²) in [4.78, 5) is 0. The molecule has 2 saturated carbocycles. The van der Waals surface area contributed by atoms with Crippen molar-refractivity contribution in [2.45, 2.75) is 62.7 Å². The summed E-state index contributed by atoms with van der Waals surface area (Å²) in [5, 5.41) is 6.53. The predicted octanol–water partition coefficient (Wildman–Crippen LogP) is 11.3. The molecule has 6 rings (SSSR count). The second-order valence-corrected chi connectivity index (χ2v) is 19.2. The summed E-state index contributed by atoms with van der Waals surface area (Å²) in [7, 11) is 8.47. The van der Waals surface area contributed by atoms with Crippen molar-refractivity contribution in [3.63, 3.8) is 0 Å². The Morgan fingerprint density at radius 2 is 0.644 bits per heavy atom. The molecule has 0 aromatic heterocycles. The van der Waals surface area contributed by atoms with Gasteiger partial charge in [0.05, 0.1) is 53.7 Å². The van der Waals surface area contributed by atoms with Crippen LogP contribution < -0.4 is 21.2 Å². The molecule has 0 bridgehead atoms. The van der Waals surface area contributed by atoms with E-state index in [4.69, 9.17) is 42.3 Å². The van der Waals surface area contributed by atoms with E-state index in [0.29, 0.717) is 0 Å². The minimum absolute atomic E-state index is 0. The van der Waals surface area contributed by atoms with E-state index in [1.807, 2.05) is 0 Å². The largest absolute Gasteiger partial charge is 2.00 e. The van der Waals surface area contributed by atoms with Crippen LogP contribution in [0, 0.1) is 14.9 Å². The molecule has 2 fully saturated rings. The van der Waals surface area contributed by atoms with Crippen molar-refractivity contribution >= 4 is 79.3 Å². The maximum atomic E-state index is 4.81. The van der Waals surface area contributed by atoms with Gasteiger partial charge < -0.3 is 14.9 Å². The molecule has 0 aliphatic heterocycles. The third-order valence-electron chi connectivity index (χ3n) is 7.87. The molecule has 0 radical (unpaired) electrons. The smallest absolute Gasteiger partial charge is 0.0620 e. The summed E-state index contributed by atoms with van der Waals surface area (Å²) in [6.45, 7) is 0. The summed E-state index contributed by atoms with van der Waals surface area (Å²) in [6.07, 6.45) is 11.4. The fraction of sp³-hybridized carbons (Fsp3) is 0.297. The minimum atomic E-state index is -0.577. The molecule has 250 valence electrons. The zero-order valence-corrected chi connectivity index (χ0v) is 33.9. The van der Waals surface area contributed by atoms with Gasteiger partial charge in [-0.2, -0.15) is 0 Å². The number of hydrogen-bond acceptors (Lipinski definition) is 0. The minimum Gasteiger partial charge on any atom is -0.0620 e. The molecule has 0 atom stereocenters. The number of halogens is 4. The van der Waals surface area contributed by atoms with Crippen LogP contribution in [-0.4, -0.2) is 16.7 Å². The molecule has 0 saturated heterocycles. The zero-order valence-electron chi connectivity index (χ0n) is 26.2. The van der Waals surface area contributed by atoms with Gasteiger partial charge in [-0.1, -0.05) is 72.8 Å². The van der Waals surface area contributed by atoms with Crippen LogP contribution in [0.25, 0.3) is 0 Å². The van der Waals surface area contributed by atoms with Gasteiger partial charge >= 0.3 is 52.1 Å². The molecular weight excluding hydrogens is 810 g/mol. The van der Waals surface area contributed by atoms with Crippen molar-refractivity contribution in [1.82, 2.24) is 0 Å². The van der Waals surface area contributed by atoms with Crippen LogP contribution in [0.2, 0.25) is 0 Å². The number of benzene rings is 4. The molecule has 2 aliphatic rings. The Hall–Kier alpha value is 0.0818. The van der Waals surface area contributed by atoms with Gasteiger partial charge in [0.25, 0.3) is 0 Å². The van der Waals surface area contributed by atoms with Crippen LogP contribution in [0.1, 0.15) is 51.4 Å². The summed E-state index contributed by atoms with van der Waals surface area (Å²) in [6, 6.07) is 44.7. The third kappa shape index (κ3) is 15.9. The molecule has 4 aromatic rings. The fourth-order valence-corrected chi connectivity index (χ4v) is 12.9. The van der Waals surface area contributed by atoms with Gasteiger partial charge in [-0.25, -0.2) is 0 Å². The van der Waals surface area contributed by atoms with E-state index in [0.717, 1.165) is 11.3 Å². The van der Waals surface area contributed by atoms with Gasteiger partial charge in [0, 0.05) is 0 Å². The first-order valence-electron chi connectivity index (χ1n) is 14.6. The Balaban J connectivity index is 0.000000694. The van der Waals surface area contributed by atoms with Crippen molar-refractivity contribution < 1.29 is 33.0 Å². The monoisotopic (exact) mass is 856 g/mol. The van der Waals surface area contributed by atoms with E-state index in [1.54, 1.807) is 21.2 Å². The molecule has 0 amide bonds. The Morgan fingerprint density at radius 3 is 0.822 bits per heavy atom. The van der Waals surface area contributed by atoms with Crippen LogP contribution in [-0.2, 0) is 33.0 Å². The van der Waals surface area contributed by atoms with Crippen LogP contribution in [0.4, 0.5) is 0 Å². The second kappa shape index (κ2) is 28.0. The van der Waals surface area contributed by atoms with Crippen LogP contribution in [0.15, 0.2) is 121 Å². The van der Waals surface area contributed by atoms with Gasteiger partial charge in [-0.15, -0.1) is 23.2 Å². The topological polar surface area (TPSA) is 0 Å². The first-order valence-corrected chi connectivity index (χ1v) is 22.9. The van der Waals surface area contributed by atoms with Crippen LogP contribution >= 0.6 is 58.1 Å². The quantitative estimate of drug-likeness (QED) is 0.0784. The first-order chi connectivity index (χ1) is 20.7.